The van der Waals surface area contributed by atoms with Gasteiger partial charge < -0.3 is 15.0 Å². The highest BCUT2D eigenvalue weighted by molar-refractivity contribution is 5.83. The van der Waals surface area contributed by atoms with Crippen LogP contribution >= 0.6 is 0 Å². The number of carbonyl (C=O) groups is 2. The molecule has 17 heavy (non-hydrogen) atoms. The highest BCUT2D eigenvalue weighted by Crippen LogP contribution is 2.34. The third-order valence-electron chi connectivity index (χ3n) is 3.33. The second-order valence-corrected chi connectivity index (χ2v) is 4.79. The first-order chi connectivity index (χ1) is 7.95. The van der Waals surface area contributed by atoms with Gasteiger partial charge in [-0.1, -0.05) is 0 Å². The van der Waals surface area contributed by atoms with Gasteiger partial charge in [-0.2, -0.15) is 0 Å². The number of nitrogens with one attached hydrogen (secondary N) is 1. The lowest BCUT2D eigenvalue weighted by Crippen LogP contribution is -2.49. The van der Waals surface area contributed by atoms with Gasteiger partial charge in [-0.15, -0.1) is 0 Å². The Labute approximate surface area is 102 Å². The van der Waals surface area contributed by atoms with Crippen molar-refractivity contribution in [3.8, 4) is 0 Å². The molecule has 0 heterocycles. The molecular formula is C12H22N2O3. The number of likely N-dealkylation sites (N-methyl/N-ethyl adjacent to an activating group) is 1. The van der Waals surface area contributed by atoms with Gasteiger partial charge in [0.1, 0.15) is 6.04 Å². The number of amides is 1. The van der Waals surface area contributed by atoms with E-state index in [0.717, 1.165) is 5.92 Å². The smallest absolute Gasteiger partial charge is 0.329 e. The molecule has 1 aliphatic rings. The predicted molar refractivity (Wildman–Crippen MR) is 64.4 cm³/mol. The molecule has 2 unspecified atom stereocenters. The molecule has 1 N–H and O–H groups in total. The number of esters is 1. The standard InChI is InChI=1S/C12H22N2O3/c1-8(10-5-6-10)14(3)7-11(12(16)17-4)13-9(2)15/h8,10-11H,5-7H2,1-4H3,(H,13,15). The lowest BCUT2D eigenvalue weighted by atomic mass is 10.1. The Morgan fingerprint density at radius 2 is 2.06 bits per heavy atom. The molecule has 1 amide bonds. The SMILES string of the molecule is COC(=O)C(CN(C)C(C)C1CC1)NC(C)=O. The maximum Gasteiger partial charge on any atom is 0.329 e. The van der Waals surface area contributed by atoms with E-state index < -0.39 is 12.0 Å². The van der Waals surface area contributed by atoms with Crippen molar-refractivity contribution in [2.45, 2.75) is 38.8 Å². The number of hydrogen-bond acceptors (Lipinski definition) is 4. The third kappa shape index (κ3) is 4.34. The van der Waals surface area contributed by atoms with Gasteiger partial charge >= 0.3 is 5.97 Å². The second-order valence-electron chi connectivity index (χ2n) is 4.79. The van der Waals surface area contributed by atoms with Gasteiger partial charge in [-0.25, -0.2) is 4.79 Å². The van der Waals surface area contributed by atoms with E-state index in [0.29, 0.717) is 12.6 Å². The number of rotatable bonds is 6. The Bertz CT molecular complexity index is 289. The summed E-state index contributed by atoms with van der Waals surface area (Å²) in [6.45, 7) is 4.05. The van der Waals surface area contributed by atoms with Crippen molar-refractivity contribution in [3.63, 3.8) is 0 Å². The van der Waals surface area contributed by atoms with Crippen LogP contribution in [0.2, 0.25) is 0 Å². The minimum Gasteiger partial charge on any atom is -0.467 e. The summed E-state index contributed by atoms with van der Waals surface area (Å²) in [5, 5.41) is 2.62. The van der Waals surface area contributed by atoms with Crippen LogP contribution in [-0.4, -0.2) is 49.6 Å². The van der Waals surface area contributed by atoms with E-state index in [4.69, 9.17) is 0 Å². The van der Waals surface area contributed by atoms with Gasteiger partial charge in [0.05, 0.1) is 7.11 Å². The molecular weight excluding hydrogens is 220 g/mol. The van der Waals surface area contributed by atoms with Crippen LogP contribution < -0.4 is 5.32 Å². The first-order valence-electron chi connectivity index (χ1n) is 6.01. The van der Waals surface area contributed by atoms with Crippen LogP contribution in [0.15, 0.2) is 0 Å². The largest absolute Gasteiger partial charge is 0.467 e. The number of methoxy groups -OCH3 is 1. The molecule has 0 saturated heterocycles. The Morgan fingerprint density at radius 1 is 1.47 bits per heavy atom. The predicted octanol–water partition coefficient (Wildman–Crippen LogP) is 0.394. The topological polar surface area (TPSA) is 58.6 Å². The summed E-state index contributed by atoms with van der Waals surface area (Å²) < 4.78 is 4.69. The van der Waals surface area contributed by atoms with Gasteiger partial charge in [0, 0.05) is 19.5 Å². The third-order valence-corrected chi connectivity index (χ3v) is 3.33. The van der Waals surface area contributed by atoms with Gasteiger partial charge in [0.15, 0.2) is 0 Å². The highest BCUT2D eigenvalue weighted by Gasteiger charge is 2.32. The number of ether oxygens (including phenoxy) is 1. The summed E-state index contributed by atoms with van der Waals surface area (Å²) in [5.41, 5.74) is 0. The molecule has 0 spiro atoms. The van der Waals surface area contributed by atoms with Crippen LogP contribution in [0.4, 0.5) is 0 Å². The summed E-state index contributed by atoms with van der Waals surface area (Å²) in [5.74, 6) is 0.124. The van der Waals surface area contributed by atoms with Crippen LogP contribution in [0, 0.1) is 5.92 Å². The van der Waals surface area contributed by atoms with Gasteiger partial charge in [-0.05, 0) is 32.7 Å². The molecule has 0 bridgehead atoms. The maximum atomic E-state index is 11.5. The van der Waals surface area contributed by atoms with E-state index in [2.05, 4.69) is 21.9 Å². The van der Waals surface area contributed by atoms with Gasteiger partial charge in [0.25, 0.3) is 0 Å². The molecule has 98 valence electrons. The molecule has 0 aromatic heterocycles. The normalized spacial score (nSPS) is 18.6. The minimum absolute atomic E-state index is 0.215. The fourth-order valence-electron chi connectivity index (χ4n) is 1.96. The van der Waals surface area contributed by atoms with Crippen molar-refractivity contribution in [2.24, 2.45) is 5.92 Å². The number of nitrogens with zero attached hydrogens (tertiary/aromatic N) is 1. The van der Waals surface area contributed by atoms with Crippen LogP contribution in [-0.2, 0) is 14.3 Å². The van der Waals surface area contributed by atoms with E-state index in [-0.39, 0.29) is 5.91 Å². The zero-order valence-corrected chi connectivity index (χ0v) is 11.0. The molecule has 0 aromatic carbocycles. The van der Waals surface area contributed by atoms with Crippen molar-refractivity contribution in [3.05, 3.63) is 0 Å². The number of hydrogen-bond donors (Lipinski definition) is 1. The monoisotopic (exact) mass is 242 g/mol. The van der Waals surface area contributed by atoms with E-state index in [1.54, 1.807) is 0 Å². The first-order valence-corrected chi connectivity index (χ1v) is 6.01. The number of carbonyl (C=O) groups excluding carboxylic acids is 2. The molecule has 0 radical (unpaired) electrons. The van der Waals surface area contributed by atoms with E-state index in [1.165, 1.54) is 26.9 Å². The van der Waals surface area contributed by atoms with E-state index in [9.17, 15) is 9.59 Å². The lowest BCUT2D eigenvalue weighted by Gasteiger charge is -2.28. The Hall–Kier alpha value is -1.10. The molecule has 0 aliphatic heterocycles. The summed E-state index contributed by atoms with van der Waals surface area (Å²) in [7, 11) is 3.31. The average Bonchev–Trinajstić information content (AvgIpc) is 3.09. The van der Waals surface area contributed by atoms with Gasteiger partial charge in [-0.3, -0.25) is 4.79 Å². The Balaban J connectivity index is 2.51. The zero-order chi connectivity index (χ0) is 13.0. The van der Waals surface area contributed by atoms with Crippen LogP contribution in [0.3, 0.4) is 0 Å². The molecule has 1 rings (SSSR count). The highest BCUT2D eigenvalue weighted by atomic mass is 16.5. The van der Waals surface area contributed by atoms with Gasteiger partial charge in [0.2, 0.25) is 5.91 Å². The van der Waals surface area contributed by atoms with E-state index in [1.807, 2.05) is 7.05 Å². The molecule has 1 fully saturated rings. The van der Waals surface area contributed by atoms with Crippen LogP contribution in [0.1, 0.15) is 26.7 Å². The van der Waals surface area contributed by atoms with Crippen molar-refractivity contribution in [2.75, 3.05) is 20.7 Å². The molecule has 1 aliphatic carbocycles. The summed E-state index contributed by atoms with van der Waals surface area (Å²) in [6, 6.07) is -0.139. The maximum absolute atomic E-state index is 11.5. The van der Waals surface area contributed by atoms with Crippen LogP contribution in [0.5, 0.6) is 0 Å². The summed E-state index contributed by atoms with van der Waals surface area (Å²) in [6.07, 6.45) is 2.52. The van der Waals surface area contributed by atoms with Crippen molar-refractivity contribution >= 4 is 11.9 Å². The molecule has 1 saturated carbocycles. The Kier molecular flexibility index (Phi) is 4.93. The molecule has 0 aromatic rings. The van der Waals surface area contributed by atoms with Crippen molar-refractivity contribution < 1.29 is 14.3 Å². The zero-order valence-electron chi connectivity index (χ0n) is 11.0. The van der Waals surface area contributed by atoms with Crippen LogP contribution in [0.25, 0.3) is 0 Å². The lowest BCUT2D eigenvalue weighted by molar-refractivity contribution is -0.145. The fraction of sp³-hybridized carbons (Fsp3) is 0.833. The molecule has 2 atom stereocenters. The minimum atomic E-state index is -0.580. The summed E-state index contributed by atoms with van der Waals surface area (Å²) in [4.78, 5) is 24.7. The quantitative estimate of drug-likeness (QED) is 0.685. The van der Waals surface area contributed by atoms with Crippen molar-refractivity contribution in [1.82, 2.24) is 10.2 Å². The summed E-state index contributed by atoms with van der Waals surface area (Å²) >= 11 is 0. The first kappa shape index (κ1) is 14.0. The van der Waals surface area contributed by atoms with E-state index >= 15 is 0 Å². The second kappa shape index (κ2) is 6.00. The average molecular weight is 242 g/mol. The molecule has 5 nitrogen and oxygen atoms in total. The Morgan fingerprint density at radius 3 is 2.47 bits per heavy atom. The van der Waals surface area contributed by atoms with Crippen molar-refractivity contribution in [1.29, 1.82) is 0 Å². The molecule has 5 heteroatoms. The fourth-order valence-corrected chi connectivity index (χ4v) is 1.96.